The normalized spacial score (nSPS) is 11.7. The van der Waals surface area contributed by atoms with E-state index in [0.717, 1.165) is 54.0 Å². The fraction of sp³-hybridized carbons (Fsp3) is 0.250. The van der Waals surface area contributed by atoms with Gasteiger partial charge in [0.15, 0.2) is 5.96 Å². The summed E-state index contributed by atoms with van der Waals surface area (Å²) < 4.78 is 15.3. The first kappa shape index (κ1) is 20.7. The van der Waals surface area contributed by atoms with E-state index in [4.69, 9.17) is 4.99 Å². The molecule has 0 aliphatic carbocycles. The second-order valence-electron chi connectivity index (χ2n) is 7.40. The van der Waals surface area contributed by atoms with Gasteiger partial charge in [0.1, 0.15) is 5.82 Å². The van der Waals surface area contributed by atoms with Crippen LogP contribution in [-0.2, 0) is 19.5 Å². The molecule has 6 nitrogen and oxygen atoms in total. The van der Waals surface area contributed by atoms with Crippen LogP contribution in [0.4, 0.5) is 4.39 Å². The number of hydrogen-bond acceptors (Lipinski definition) is 2. The van der Waals surface area contributed by atoms with Crippen molar-refractivity contribution in [3.63, 3.8) is 0 Å². The zero-order chi connectivity index (χ0) is 21.5. The van der Waals surface area contributed by atoms with E-state index in [0.29, 0.717) is 6.54 Å². The van der Waals surface area contributed by atoms with E-state index in [9.17, 15) is 4.39 Å². The maximum atomic E-state index is 13.4. The second kappa shape index (κ2) is 9.93. The molecule has 0 radical (unpaired) electrons. The van der Waals surface area contributed by atoms with Crippen molar-refractivity contribution in [2.24, 2.45) is 4.99 Å². The highest BCUT2D eigenvalue weighted by Gasteiger charge is 2.05. The van der Waals surface area contributed by atoms with Gasteiger partial charge in [-0.3, -0.25) is 4.68 Å². The van der Waals surface area contributed by atoms with Gasteiger partial charge in [-0.15, -0.1) is 0 Å². The quantitative estimate of drug-likeness (QED) is 0.301. The van der Waals surface area contributed by atoms with Gasteiger partial charge in [-0.1, -0.05) is 24.3 Å². The van der Waals surface area contributed by atoms with Crippen molar-refractivity contribution in [2.45, 2.75) is 26.4 Å². The molecule has 2 aromatic carbocycles. The topological polar surface area (TPSA) is 70.0 Å². The molecular weight excluding hydrogens is 391 g/mol. The summed E-state index contributed by atoms with van der Waals surface area (Å²) in [6, 6.07) is 15.2. The summed E-state index contributed by atoms with van der Waals surface area (Å²) in [7, 11) is 0. The van der Waals surface area contributed by atoms with Crippen LogP contribution in [0.5, 0.6) is 0 Å². The average molecular weight is 419 g/mol. The van der Waals surface area contributed by atoms with Crippen LogP contribution in [0.1, 0.15) is 23.6 Å². The van der Waals surface area contributed by atoms with Gasteiger partial charge >= 0.3 is 0 Å². The van der Waals surface area contributed by atoms with Crippen molar-refractivity contribution in [1.29, 1.82) is 0 Å². The molecule has 160 valence electrons. The Morgan fingerprint density at radius 2 is 2.03 bits per heavy atom. The molecule has 0 unspecified atom stereocenters. The molecule has 2 aromatic heterocycles. The van der Waals surface area contributed by atoms with E-state index < -0.39 is 0 Å². The number of nitrogens with one attached hydrogen (secondary N) is 3. The highest BCUT2D eigenvalue weighted by Crippen LogP contribution is 2.19. The molecule has 0 amide bonds. The molecule has 7 heteroatoms. The highest BCUT2D eigenvalue weighted by molar-refractivity contribution is 5.83. The van der Waals surface area contributed by atoms with Crippen LogP contribution in [0, 0.1) is 5.82 Å². The molecule has 4 rings (SSSR count). The van der Waals surface area contributed by atoms with E-state index >= 15 is 0 Å². The fourth-order valence-corrected chi connectivity index (χ4v) is 3.60. The van der Waals surface area contributed by atoms with Crippen molar-refractivity contribution in [1.82, 2.24) is 25.4 Å². The van der Waals surface area contributed by atoms with Gasteiger partial charge in [0.25, 0.3) is 0 Å². The maximum Gasteiger partial charge on any atom is 0.191 e. The zero-order valence-electron chi connectivity index (χ0n) is 17.6. The Labute approximate surface area is 181 Å². The smallest absolute Gasteiger partial charge is 0.191 e. The number of hydrogen-bond donors (Lipinski definition) is 3. The summed E-state index contributed by atoms with van der Waals surface area (Å²) in [6.45, 7) is 4.91. The Bertz CT molecular complexity index is 1150. The molecule has 0 aliphatic heterocycles. The monoisotopic (exact) mass is 418 g/mol. The lowest BCUT2D eigenvalue weighted by Crippen LogP contribution is -2.38. The lowest BCUT2D eigenvalue weighted by molar-refractivity contribution is 0.629. The van der Waals surface area contributed by atoms with E-state index in [1.807, 2.05) is 29.2 Å². The largest absolute Gasteiger partial charge is 0.361 e. The summed E-state index contributed by atoms with van der Waals surface area (Å²) in [5, 5.41) is 12.0. The fourth-order valence-electron chi connectivity index (χ4n) is 3.60. The van der Waals surface area contributed by atoms with Gasteiger partial charge in [-0.25, -0.2) is 9.38 Å². The van der Waals surface area contributed by atoms with E-state index in [1.54, 1.807) is 6.20 Å². The predicted molar refractivity (Wildman–Crippen MR) is 123 cm³/mol. The Morgan fingerprint density at radius 3 is 2.87 bits per heavy atom. The number of H-pyrrole nitrogens is 1. The number of benzene rings is 2. The van der Waals surface area contributed by atoms with Gasteiger partial charge in [-0.2, -0.15) is 5.10 Å². The summed E-state index contributed by atoms with van der Waals surface area (Å²) in [4.78, 5) is 7.87. The second-order valence-corrected chi connectivity index (χ2v) is 7.40. The number of aromatic nitrogens is 3. The maximum absolute atomic E-state index is 13.4. The minimum Gasteiger partial charge on any atom is -0.361 e. The van der Waals surface area contributed by atoms with Crippen LogP contribution in [-0.4, -0.2) is 33.8 Å². The Kier molecular flexibility index (Phi) is 6.62. The summed E-state index contributed by atoms with van der Waals surface area (Å²) in [5.41, 5.74) is 4.33. The molecule has 3 N–H and O–H groups in total. The molecule has 2 heterocycles. The van der Waals surface area contributed by atoms with Crippen LogP contribution in [0.15, 0.2) is 72.1 Å². The van der Waals surface area contributed by atoms with Crippen LogP contribution < -0.4 is 10.6 Å². The predicted octanol–water partition coefficient (Wildman–Crippen LogP) is 3.85. The van der Waals surface area contributed by atoms with Gasteiger partial charge < -0.3 is 15.6 Å². The number of aliphatic imine (C=N–C) groups is 1. The van der Waals surface area contributed by atoms with Gasteiger partial charge in [0, 0.05) is 42.6 Å². The van der Waals surface area contributed by atoms with Crippen LogP contribution in [0.25, 0.3) is 10.9 Å². The van der Waals surface area contributed by atoms with Crippen LogP contribution >= 0.6 is 0 Å². The summed E-state index contributed by atoms with van der Waals surface area (Å²) >= 11 is 0. The first-order chi connectivity index (χ1) is 15.2. The molecule has 0 saturated carbocycles. The van der Waals surface area contributed by atoms with E-state index in [1.165, 1.54) is 17.7 Å². The number of rotatable bonds is 8. The average Bonchev–Trinajstić information content (AvgIpc) is 3.42. The minimum absolute atomic E-state index is 0.228. The van der Waals surface area contributed by atoms with E-state index in [-0.39, 0.29) is 5.82 Å². The van der Waals surface area contributed by atoms with Crippen molar-refractivity contribution in [3.8, 4) is 0 Å². The molecule has 0 aliphatic rings. The SMILES string of the molecule is CCNC(=NCc1cccc(Cn2cccn2)c1)NCCc1c[nH]c2cc(F)ccc12. The Hall–Kier alpha value is -3.61. The third-order valence-electron chi connectivity index (χ3n) is 5.08. The molecule has 4 aromatic rings. The van der Waals surface area contributed by atoms with Crippen molar-refractivity contribution in [2.75, 3.05) is 13.1 Å². The van der Waals surface area contributed by atoms with Crippen LogP contribution in [0.2, 0.25) is 0 Å². The first-order valence-electron chi connectivity index (χ1n) is 10.5. The number of guanidine groups is 1. The van der Waals surface area contributed by atoms with E-state index in [2.05, 4.69) is 51.9 Å². The molecule has 0 atom stereocenters. The Morgan fingerprint density at radius 1 is 1.13 bits per heavy atom. The molecule has 31 heavy (non-hydrogen) atoms. The lowest BCUT2D eigenvalue weighted by Gasteiger charge is -2.11. The van der Waals surface area contributed by atoms with Crippen molar-refractivity contribution < 1.29 is 4.39 Å². The third kappa shape index (κ3) is 5.51. The molecule has 0 bridgehead atoms. The van der Waals surface area contributed by atoms with Gasteiger partial charge in [0.2, 0.25) is 0 Å². The lowest BCUT2D eigenvalue weighted by atomic mass is 10.1. The summed E-state index contributed by atoms with van der Waals surface area (Å²) in [5.74, 6) is 0.556. The Balaban J connectivity index is 1.35. The molecular formula is C24H27FN6. The highest BCUT2D eigenvalue weighted by atomic mass is 19.1. The zero-order valence-corrected chi connectivity index (χ0v) is 17.6. The first-order valence-corrected chi connectivity index (χ1v) is 10.5. The van der Waals surface area contributed by atoms with Crippen molar-refractivity contribution in [3.05, 3.63) is 89.6 Å². The van der Waals surface area contributed by atoms with Crippen molar-refractivity contribution >= 4 is 16.9 Å². The number of nitrogens with zero attached hydrogens (tertiary/aromatic N) is 3. The molecule has 0 fully saturated rings. The van der Waals surface area contributed by atoms with Crippen LogP contribution in [0.3, 0.4) is 0 Å². The number of fused-ring (bicyclic) bond motifs is 1. The van der Waals surface area contributed by atoms with Gasteiger partial charge in [0.05, 0.1) is 13.1 Å². The number of aromatic amines is 1. The standard InChI is InChI=1S/C24H27FN6/c1-2-26-24(27-11-9-20-16-28-23-14-21(25)7-8-22(20)23)29-15-18-5-3-6-19(13-18)17-31-12-4-10-30-31/h3-8,10,12-14,16,28H,2,9,11,15,17H2,1H3,(H2,26,27,29). The summed E-state index contributed by atoms with van der Waals surface area (Å²) in [6.07, 6.45) is 6.51. The third-order valence-corrected chi connectivity index (χ3v) is 5.08. The molecule has 0 saturated heterocycles. The van der Waals surface area contributed by atoms with Gasteiger partial charge in [-0.05, 0) is 54.3 Å². The number of halogens is 1. The molecule has 0 spiro atoms. The minimum atomic E-state index is -0.228.